The minimum Gasteiger partial charge on any atom is -0.306 e. The van der Waals surface area contributed by atoms with E-state index in [0.29, 0.717) is 0 Å². The van der Waals surface area contributed by atoms with Crippen molar-refractivity contribution in [3.63, 3.8) is 0 Å². The van der Waals surface area contributed by atoms with Gasteiger partial charge in [-0.2, -0.15) is 5.26 Å². The van der Waals surface area contributed by atoms with Crippen LogP contribution in [0.5, 0.6) is 0 Å². The number of imidazole rings is 1. The van der Waals surface area contributed by atoms with Crippen LogP contribution in [0.15, 0.2) is 72.1 Å². The van der Waals surface area contributed by atoms with Gasteiger partial charge in [0, 0.05) is 24.1 Å². The summed E-state index contributed by atoms with van der Waals surface area (Å²) in [7, 11) is -3.79. The first kappa shape index (κ1) is 16.9. The number of sulfonamides is 1. The van der Waals surface area contributed by atoms with Crippen LogP contribution in [0.1, 0.15) is 24.1 Å². The molecule has 126 valence electrons. The molecule has 6 nitrogen and oxygen atoms in total. The van der Waals surface area contributed by atoms with Crippen molar-refractivity contribution in [1.29, 1.82) is 5.26 Å². The van der Waals surface area contributed by atoms with Gasteiger partial charge in [0.25, 0.3) is 0 Å². The third-order valence-corrected chi connectivity index (χ3v) is 5.42. The maximum atomic E-state index is 12.6. The zero-order valence-electron chi connectivity index (χ0n) is 13.5. The fraction of sp³-hybridized carbons (Fsp3) is 0.111. The molecule has 0 saturated heterocycles. The SMILES string of the molecule is C[C@H](NS(=O)(=O)c1ccccc1C#N)c1ccc(-n2ccnc2)cc1. The van der Waals surface area contributed by atoms with E-state index in [4.69, 9.17) is 5.26 Å². The van der Waals surface area contributed by atoms with E-state index < -0.39 is 16.1 Å². The van der Waals surface area contributed by atoms with Crippen molar-refractivity contribution in [2.24, 2.45) is 0 Å². The second-order valence-electron chi connectivity index (χ2n) is 5.51. The highest BCUT2D eigenvalue weighted by Crippen LogP contribution is 2.20. The molecule has 0 saturated carbocycles. The summed E-state index contributed by atoms with van der Waals surface area (Å²) in [4.78, 5) is 3.98. The molecule has 3 aromatic rings. The van der Waals surface area contributed by atoms with Gasteiger partial charge in [0.05, 0.1) is 16.8 Å². The Bertz CT molecular complexity index is 1000. The Balaban J connectivity index is 1.82. The number of nitriles is 1. The second kappa shape index (κ2) is 6.89. The van der Waals surface area contributed by atoms with Crippen LogP contribution in [0.4, 0.5) is 0 Å². The second-order valence-corrected chi connectivity index (χ2v) is 7.19. The molecule has 0 unspecified atom stereocenters. The van der Waals surface area contributed by atoms with Gasteiger partial charge in [0.15, 0.2) is 0 Å². The van der Waals surface area contributed by atoms with E-state index in [1.807, 2.05) is 41.1 Å². The van der Waals surface area contributed by atoms with Crippen LogP contribution in [0.2, 0.25) is 0 Å². The third-order valence-electron chi connectivity index (χ3n) is 3.82. The van der Waals surface area contributed by atoms with Crippen LogP contribution in [0.25, 0.3) is 5.69 Å². The van der Waals surface area contributed by atoms with Gasteiger partial charge in [-0.05, 0) is 36.8 Å². The predicted molar refractivity (Wildman–Crippen MR) is 93.5 cm³/mol. The monoisotopic (exact) mass is 352 g/mol. The number of nitrogens with zero attached hydrogens (tertiary/aromatic N) is 3. The average Bonchev–Trinajstić information content (AvgIpc) is 3.16. The highest BCUT2D eigenvalue weighted by atomic mass is 32.2. The van der Waals surface area contributed by atoms with Gasteiger partial charge in [0.2, 0.25) is 10.0 Å². The summed E-state index contributed by atoms with van der Waals surface area (Å²) in [5.74, 6) is 0. The van der Waals surface area contributed by atoms with Crippen LogP contribution in [0, 0.1) is 11.3 Å². The van der Waals surface area contributed by atoms with Gasteiger partial charge >= 0.3 is 0 Å². The van der Waals surface area contributed by atoms with E-state index in [9.17, 15) is 8.42 Å². The molecule has 1 atom stereocenters. The molecule has 0 bridgehead atoms. The fourth-order valence-corrected chi connectivity index (χ4v) is 3.89. The molecular weight excluding hydrogens is 336 g/mol. The van der Waals surface area contributed by atoms with Crippen LogP contribution in [0.3, 0.4) is 0 Å². The first-order chi connectivity index (χ1) is 12.0. The lowest BCUT2D eigenvalue weighted by Gasteiger charge is -2.16. The Labute approximate surface area is 146 Å². The molecule has 0 fully saturated rings. The summed E-state index contributed by atoms with van der Waals surface area (Å²) < 4.78 is 29.6. The van der Waals surface area contributed by atoms with Crippen LogP contribution >= 0.6 is 0 Å². The predicted octanol–water partition coefficient (Wildman–Crippen LogP) is 2.78. The Morgan fingerprint density at radius 3 is 2.52 bits per heavy atom. The smallest absolute Gasteiger partial charge is 0.242 e. The molecule has 1 heterocycles. The van der Waals surface area contributed by atoms with E-state index in [1.165, 1.54) is 12.1 Å². The van der Waals surface area contributed by atoms with Crippen LogP contribution in [-0.2, 0) is 10.0 Å². The van der Waals surface area contributed by atoms with Gasteiger partial charge in [0.1, 0.15) is 6.07 Å². The molecule has 1 N–H and O–H groups in total. The first-order valence-electron chi connectivity index (χ1n) is 7.61. The van der Waals surface area contributed by atoms with Gasteiger partial charge in [-0.25, -0.2) is 18.1 Å². The quantitative estimate of drug-likeness (QED) is 0.765. The van der Waals surface area contributed by atoms with Crippen LogP contribution < -0.4 is 4.72 Å². The molecule has 0 aliphatic heterocycles. The average molecular weight is 352 g/mol. The minimum absolute atomic E-state index is 0.0145. The maximum Gasteiger partial charge on any atom is 0.242 e. The minimum atomic E-state index is -3.79. The summed E-state index contributed by atoms with van der Waals surface area (Å²) in [5, 5.41) is 9.10. The standard InChI is InChI=1S/C18H16N4O2S/c1-14(15-6-8-17(9-7-15)22-11-10-20-13-22)21-25(23,24)18-5-3-2-4-16(18)12-19/h2-11,13-14,21H,1H3/t14-/m0/s1. The summed E-state index contributed by atoms with van der Waals surface area (Å²) in [6, 6.07) is 15.1. The van der Waals surface area contributed by atoms with Crippen molar-refractivity contribution in [3.05, 3.63) is 78.4 Å². The molecule has 0 aliphatic carbocycles. The molecule has 0 aliphatic rings. The molecule has 0 spiro atoms. The Morgan fingerprint density at radius 1 is 1.16 bits per heavy atom. The van der Waals surface area contributed by atoms with Crippen molar-refractivity contribution in [2.45, 2.75) is 17.9 Å². The summed E-state index contributed by atoms with van der Waals surface area (Å²) >= 11 is 0. The number of nitrogens with one attached hydrogen (secondary N) is 1. The zero-order valence-corrected chi connectivity index (χ0v) is 14.3. The number of benzene rings is 2. The topological polar surface area (TPSA) is 87.8 Å². The number of hydrogen-bond donors (Lipinski definition) is 1. The van der Waals surface area contributed by atoms with Crippen LogP contribution in [-0.4, -0.2) is 18.0 Å². The largest absolute Gasteiger partial charge is 0.306 e. The summed E-state index contributed by atoms with van der Waals surface area (Å²) in [6.45, 7) is 1.76. The molecule has 0 amide bonds. The van der Waals surface area contributed by atoms with E-state index in [0.717, 1.165) is 11.3 Å². The zero-order chi connectivity index (χ0) is 17.9. The molecule has 2 aromatic carbocycles. The number of aromatic nitrogens is 2. The summed E-state index contributed by atoms with van der Waals surface area (Å²) in [5.41, 5.74) is 1.88. The Hall–Kier alpha value is -2.95. The number of rotatable bonds is 5. The van der Waals surface area contributed by atoms with Crippen molar-refractivity contribution in [1.82, 2.24) is 14.3 Å². The lowest BCUT2D eigenvalue weighted by atomic mass is 10.1. The molecule has 3 rings (SSSR count). The third kappa shape index (κ3) is 3.60. The Kier molecular flexibility index (Phi) is 4.65. The van der Waals surface area contributed by atoms with Crippen molar-refractivity contribution < 1.29 is 8.42 Å². The number of hydrogen-bond acceptors (Lipinski definition) is 4. The van der Waals surface area contributed by atoms with Gasteiger partial charge in [-0.15, -0.1) is 0 Å². The lowest BCUT2D eigenvalue weighted by Crippen LogP contribution is -2.27. The fourth-order valence-electron chi connectivity index (χ4n) is 2.50. The normalized spacial score (nSPS) is 12.5. The summed E-state index contributed by atoms with van der Waals surface area (Å²) in [6.07, 6.45) is 5.22. The van der Waals surface area contributed by atoms with E-state index in [1.54, 1.807) is 31.6 Å². The molecule has 1 aromatic heterocycles. The Morgan fingerprint density at radius 2 is 1.88 bits per heavy atom. The molecule has 7 heteroatoms. The van der Waals surface area contributed by atoms with Gasteiger partial charge < -0.3 is 4.57 Å². The highest BCUT2D eigenvalue weighted by Gasteiger charge is 2.21. The molecule has 0 radical (unpaired) electrons. The molecule has 25 heavy (non-hydrogen) atoms. The highest BCUT2D eigenvalue weighted by molar-refractivity contribution is 7.89. The lowest BCUT2D eigenvalue weighted by molar-refractivity contribution is 0.566. The van der Waals surface area contributed by atoms with Crippen molar-refractivity contribution in [3.8, 4) is 11.8 Å². The maximum absolute atomic E-state index is 12.6. The van der Waals surface area contributed by atoms with Crippen molar-refractivity contribution in [2.75, 3.05) is 0 Å². The first-order valence-corrected chi connectivity index (χ1v) is 9.09. The van der Waals surface area contributed by atoms with E-state index in [-0.39, 0.29) is 10.5 Å². The van der Waals surface area contributed by atoms with Gasteiger partial charge in [-0.1, -0.05) is 24.3 Å². The molecular formula is C18H16N4O2S. The van der Waals surface area contributed by atoms with E-state index >= 15 is 0 Å². The van der Waals surface area contributed by atoms with Crippen molar-refractivity contribution >= 4 is 10.0 Å². The van der Waals surface area contributed by atoms with E-state index in [2.05, 4.69) is 9.71 Å². The van der Waals surface area contributed by atoms with Gasteiger partial charge in [-0.3, -0.25) is 0 Å².